The number of aliphatic hydroxyl groups is 1. The van der Waals surface area contributed by atoms with E-state index in [1.54, 1.807) is 6.08 Å². The summed E-state index contributed by atoms with van der Waals surface area (Å²) < 4.78 is 1.35. The molecule has 1 rings (SSSR count). The highest BCUT2D eigenvalue weighted by Crippen LogP contribution is 2.07. The van der Waals surface area contributed by atoms with Crippen LogP contribution in [0, 0.1) is 10.1 Å². The van der Waals surface area contributed by atoms with Gasteiger partial charge in [-0.15, -0.1) is 6.58 Å². The summed E-state index contributed by atoms with van der Waals surface area (Å²) in [6, 6.07) is 0. The van der Waals surface area contributed by atoms with E-state index >= 15 is 0 Å². The van der Waals surface area contributed by atoms with E-state index in [0.717, 1.165) is 6.20 Å². The Labute approximate surface area is 92.5 Å². The van der Waals surface area contributed by atoms with E-state index in [9.17, 15) is 15.2 Å². The lowest BCUT2D eigenvalue weighted by Crippen LogP contribution is -2.30. The van der Waals surface area contributed by atoms with Crippen molar-refractivity contribution in [2.45, 2.75) is 12.6 Å². The predicted octanol–water partition coefficient (Wildman–Crippen LogP) is -0.0722. The van der Waals surface area contributed by atoms with Crippen LogP contribution in [0.1, 0.15) is 0 Å². The monoisotopic (exact) mass is 226 g/mol. The average molecular weight is 226 g/mol. The van der Waals surface area contributed by atoms with Crippen molar-refractivity contribution in [3.63, 3.8) is 0 Å². The van der Waals surface area contributed by atoms with Gasteiger partial charge in [-0.1, -0.05) is 6.08 Å². The summed E-state index contributed by atoms with van der Waals surface area (Å²) in [6.45, 7) is 4.74. The minimum absolute atomic E-state index is 0.0775. The Morgan fingerprint density at radius 3 is 3.12 bits per heavy atom. The van der Waals surface area contributed by atoms with Crippen molar-refractivity contribution >= 4 is 5.69 Å². The number of nitro groups is 1. The molecule has 0 aliphatic rings. The Bertz CT molecular complexity index is 363. The summed E-state index contributed by atoms with van der Waals surface area (Å²) in [5.74, 6) is 0. The average Bonchev–Trinajstić information content (AvgIpc) is 2.66. The molecule has 88 valence electrons. The van der Waals surface area contributed by atoms with E-state index in [2.05, 4.69) is 17.0 Å². The van der Waals surface area contributed by atoms with Gasteiger partial charge < -0.3 is 10.4 Å². The molecule has 0 aliphatic heterocycles. The van der Waals surface area contributed by atoms with E-state index in [1.165, 1.54) is 10.9 Å². The normalized spacial score (nSPS) is 12.3. The Balaban J connectivity index is 2.40. The molecule has 7 nitrogen and oxygen atoms in total. The number of hydrogen-bond acceptors (Lipinski definition) is 5. The van der Waals surface area contributed by atoms with Crippen molar-refractivity contribution in [3.05, 3.63) is 35.2 Å². The maximum atomic E-state index is 10.4. The summed E-state index contributed by atoms with van der Waals surface area (Å²) in [6.07, 6.45) is 3.49. The zero-order chi connectivity index (χ0) is 12.0. The molecule has 7 heteroatoms. The fraction of sp³-hybridized carbons (Fsp3) is 0.444. The van der Waals surface area contributed by atoms with E-state index < -0.39 is 11.0 Å². The van der Waals surface area contributed by atoms with Crippen LogP contribution in [-0.2, 0) is 6.54 Å². The fourth-order valence-corrected chi connectivity index (χ4v) is 1.18. The number of hydrogen-bond donors (Lipinski definition) is 2. The quantitative estimate of drug-likeness (QED) is 0.294. The summed E-state index contributed by atoms with van der Waals surface area (Å²) in [7, 11) is 0. The molecule has 0 spiro atoms. The SMILES string of the molecule is C=CCNCC(O)Cn1cc([N+](=O)[O-])cn1. The van der Waals surface area contributed by atoms with Gasteiger partial charge in [0.2, 0.25) is 0 Å². The van der Waals surface area contributed by atoms with Gasteiger partial charge in [0.1, 0.15) is 12.4 Å². The second kappa shape index (κ2) is 5.99. The second-order valence-electron chi connectivity index (χ2n) is 3.28. The van der Waals surface area contributed by atoms with Crippen LogP contribution in [0.2, 0.25) is 0 Å². The van der Waals surface area contributed by atoms with Crippen LogP contribution in [0.15, 0.2) is 25.0 Å². The van der Waals surface area contributed by atoms with Gasteiger partial charge in [0.05, 0.1) is 17.6 Å². The third-order valence-electron chi connectivity index (χ3n) is 1.90. The Morgan fingerprint density at radius 1 is 1.81 bits per heavy atom. The summed E-state index contributed by atoms with van der Waals surface area (Å²) in [5, 5.41) is 26.6. The zero-order valence-corrected chi connectivity index (χ0v) is 8.74. The maximum Gasteiger partial charge on any atom is 0.306 e. The second-order valence-corrected chi connectivity index (χ2v) is 3.28. The first kappa shape index (κ1) is 12.3. The summed E-state index contributed by atoms with van der Waals surface area (Å²) >= 11 is 0. The standard InChI is InChI=1S/C9H14N4O3/c1-2-3-10-5-9(14)7-12-6-8(4-11-12)13(15)16/h2,4,6,9-10,14H,1,3,5,7H2. The van der Waals surface area contributed by atoms with Gasteiger partial charge in [0.15, 0.2) is 0 Å². The Morgan fingerprint density at radius 2 is 2.56 bits per heavy atom. The minimum Gasteiger partial charge on any atom is -0.390 e. The van der Waals surface area contributed by atoms with Crippen molar-refractivity contribution in [3.8, 4) is 0 Å². The fourth-order valence-electron chi connectivity index (χ4n) is 1.18. The van der Waals surface area contributed by atoms with Gasteiger partial charge in [-0.25, -0.2) is 0 Å². The highest BCUT2D eigenvalue weighted by atomic mass is 16.6. The van der Waals surface area contributed by atoms with Crippen molar-refractivity contribution in [1.82, 2.24) is 15.1 Å². The van der Waals surface area contributed by atoms with Gasteiger partial charge in [0.25, 0.3) is 0 Å². The van der Waals surface area contributed by atoms with Gasteiger partial charge >= 0.3 is 5.69 Å². The van der Waals surface area contributed by atoms with E-state index in [0.29, 0.717) is 13.1 Å². The molecule has 0 radical (unpaired) electrons. The molecule has 0 amide bonds. The van der Waals surface area contributed by atoms with Crippen LogP contribution in [0.25, 0.3) is 0 Å². The van der Waals surface area contributed by atoms with Crippen LogP contribution in [0.4, 0.5) is 5.69 Å². The van der Waals surface area contributed by atoms with Crippen molar-refractivity contribution < 1.29 is 10.0 Å². The number of rotatable bonds is 7. The first-order chi connectivity index (χ1) is 7.63. The zero-order valence-electron chi connectivity index (χ0n) is 8.74. The van der Waals surface area contributed by atoms with E-state index in [4.69, 9.17) is 0 Å². The number of nitrogens with one attached hydrogen (secondary N) is 1. The summed E-state index contributed by atoms with van der Waals surface area (Å²) in [5.41, 5.74) is -0.0775. The predicted molar refractivity (Wildman–Crippen MR) is 58.0 cm³/mol. The number of aromatic nitrogens is 2. The Hall–Kier alpha value is -1.73. The molecule has 1 aromatic rings. The summed E-state index contributed by atoms with van der Waals surface area (Å²) in [4.78, 5) is 9.86. The lowest BCUT2D eigenvalue weighted by molar-refractivity contribution is -0.385. The van der Waals surface area contributed by atoms with Gasteiger partial charge in [0, 0.05) is 13.1 Å². The molecule has 0 aliphatic carbocycles. The molecule has 0 saturated heterocycles. The third-order valence-corrected chi connectivity index (χ3v) is 1.90. The molecule has 16 heavy (non-hydrogen) atoms. The van der Waals surface area contributed by atoms with Crippen LogP contribution in [0.5, 0.6) is 0 Å². The maximum absolute atomic E-state index is 10.4. The molecular weight excluding hydrogens is 212 g/mol. The molecule has 0 aromatic carbocycles. The molecule has 0 bridgehead atoms. The highest BCUT2D eigenvalue weighted by Gasteiger charge is 2.11. The number of nitrogens with zero attached hydrogens (tertiary/aromatic N) is 3. The van der Waals surface area contributed by atoms with Crippen molar-refractivity contribution in [2.24, 2.45) is 0 Å². The van der Waals surface area contributed by atoms with E-state index in [-0.39, 0.29) is 12.2 Å². The molecular formula is C9H14N4O3. The lowest BCUT2D eigenvalue weighted by Gasteiger charge is -2.10. The van der Waals surface area contributed by atoms with Crippen molar-refractivity contribution in [1.29, 1.82) is 0 Å². The van der Waals surface area contributed by atoms with Gasteiger partial charge in [-0.05, 0) is 0 Å². The minimum atomic E-state index is -0.639. The first-order valence-corrected chi connectivity index (χ1v) is 4.80. The van der Waals surface area contributed by atoms with Crippen LogP contribution < -0.4 is 5.32 Å². The van der Waals surface area contributed by atoms with Crippen LogP contribution >= 0.6 is 0 Å². The topological polar surface area (TPSA) is 93.2 Å². The molecule has 2 N–H and O–H groups in total. The number of aliphatic hydroxyl groups excluding tert-OH is 1. The smallest absolute Gasteiger partial charge is 0.306 e. The van der Waals surface area contributed by atoms with Crippen molar-refractivity contribution in [2.75, 3.05) is 13.1 Å². The van der Waals surface area contributed by atoms with Crippen LogP contribution in [-0.4, -0.2) is 39.0 Å². The molecule has 1 aromatic heterocycles. The largest absolute Gasteiger partial charge is 0.390 e. The molecule has 0 fully saturated rings. The Kier molecular flexibility index (Phi) is 4.62. The lowest BCUT2D eigenvalue weighted by atomic mass is 10.3. The van der Waals surface area contributed by atoms with E-state index in [1.807, 2.05) is 0 Å². The molecule has 0 saturated carbocycles. The van der Waals surface area contributed by atoms with Gasteiger partial charge in [-0.2, -0.15) is 5.10 Å². The van der Waals surface area contributed by atoms with Gasteiger partial charge in [-0.3, -0.25) is 14.8 Å². The highest BCUT2D eigenvalue weighted by molar-refractivity contribution is 5.20. The van der Waals surface area contributed by atoms with Crippen LogP contribution in [0.3, 0.4) is 0 Å². The third kappa shape index (κ3) is 3.79. The molecule has 1 unspecified atom stereocenters. The molecule has 1 heterocycles. The molecule has 1 atom stereocenters. The first-order valence-electron chi connectivity index (χ1n) is 4.80.